The number of rotatable bonds is 32. The van der Waals surface area contributed by atoms with Crippen LogP contribution in [0.3, 0.4) is 0 Å². The van der Waals surface area contributed by atoms with Crippen LogP contribution in [0.2, 0.25) is 0 Å². The van der Waals surface area contributed by atoms with E-state index in [0.717, 1.165) is 0 Å². The number of carbonyl (C=O) groups is 10. The smallest absolute Gasteiger partial charge is 0.338 e. The Labute approximate surface area is 816 Å². The first-order chi connectivity index (χ1) is 68.3. The lowest BCUT2D eigenvalue weighted by Gasteiger charge is -2.45. The zero-order valence-corrected chi connectivity index (χ0v) is 78.6. The highest BCUT2D eigenvalue weighted by molar-refractivity contribution is 5.94. The third kappa shape index (κ3) is 27.6. The van der Waals surface area contributed by atoms with Crippen molar-refractivity contribution in [1.29, 1.82) is 0 Å². The number of esters is 10. The van der Waals surface area contributed by atoms with Gasteiger partial charge in [0.1, 0.15) is 37.6 Å². The molecular weight excluding hydrogens is 1820 g/mol. The van der Waals surface area contributed by atoms with Gasteiger partial charge < -0.3 is 101 Å². The van der Waals surface area contributed by atoms with Crippen LogP contribution in [0.25, 0.3) is 0 Å². The molecule has 3 N–H and O–H groups in total. The van der Waals surface area contributed by atoms with Crippen LogP contribution in [-0.4, -0.2) is 225 Å². The first-order valence-corrected chi connectivity index (χ1v) is 46.6. The fraction of sp³-hybridized carbons (Fsp3) is 0.345. The molecular formula is C110H114O31. The Morgan fingerprint density at radius 2 is 0.482 bits per heavy atom. The molecule has 0 saturated carbocycles. The average molecular weight is 1930 g/mol. The molecule has 31 heteroatoms. The maximum Gasteiger partial charge on any atom is 0.338 e. The number of hydrogen-bond donors (Lipinski definition) is 3. The van der Waals surface area contributed by atoms with Crippen LogP contribution in [0.15, 0.2) is 316 Å². The lowest BCUT2D eigenvalue weighted by Crippen LogP contribution is -2.63. The summed E-state index contributed by atoms with van der Waals surface area (Å²) >= 11 is 0. The Morgan fingerprint density at radius 1 is 0.255 bits per heavy atom. The summed E-state index contributed by atoms with van der Waals surface area (Å²) < 4.78 is 108. The highest BCUT2D eigenvalue weighted by Crippen LogP contribution is 2.41. The third-order valence-corrected chi connectivity index (χ3v) is 25.4. The number of benzene rings is 10. The minimum atomic E-state index is -1.95. The second-order valence-electron chi connectivity index (χ2n) is 34.4. The number of aliphatic hydroxyl groups is 3. The predicted molar refractivity (Wildman–Crippen MR) is 506 cm³/mol. The summed E-state index contributed by atoms with van der Waals surface area (Å²) in [4.78, 5) is 134. The quantitative estimate of drug-likeness (QED) is 0.0200. The second kappa shape index (κ2) is 51.3. The van der Waals surface area contributed by atoms with E-state index in [1.54, 1.807) is 237 Å². The minimum Gasteiger partial charge on any atom is -0.499 e. The highest BCUT2D eigenvalue weighted by Gasteiger charge is 2.57. The van der Waals surface area contributed by atoms with Gasteiger partial charge in [-0.3, -0.25) is 0 Å². The van der Waals surface area contributed by atoms with E-state index < -0.39 is 177 Å². The van der Waals surface area contributed by atoms with Crippen molar-refractivity contribution in [3.8, 4) is 0 Å². The van der Waals surface area contributed by atoms with E-state index in [2.05, 4.69) is 6.58 Å². The van der Waals surface area contributed by atoms with Gasteiger partial charge in [0.2, 0.25) is 0 Å². The summed E-state index contributed by atoms with van der Waals surface area (Å²) in [6, 6.07) is 82.3. The van der Waals surface area contributed by atoms with Crippen LogP contribution in [0, 0.1) is 35.5 Å². The van der Waals surface area contributed by atoms with Crippen LogP contribution in [0.4, 0.5) is 0 Å². The van der Waals surface area contributed by atoms with Gasteiger partial charge in [-0.1, -0.05) is 237 Å². The molecule has 0 radical (unpaired) electrons. The summed E-state index contributed by atoms with van der Waals surface area (Å²) in [6.45, 7) is 16.2. The standard InChI is InChI=1S/C49H46O14.C43H44O12.C18H24O5/c1-30-31(2)39(60-44(51)33-20-10-4-11-21-33)49(59-37(30)28-56-43(50)32-18-8-3-9-19-32)57-29-38-40(61-45(52)34-22-12-5-13-23-34)41(62-46(53)35-24-14-6-15-25-35)42(48(55)58-38)63-47(54)36-26-16-7-17-27-36;1-4-32-26(2)27(3)34(52-38(44)28-17-9-5-10-18-28)43(51-32)49-25-33-35(53-39(45)29-19-11-6-12-20-29)36(54-40(46)30-21-13-7-14-22-30)37(42(48)50-33)55-41(47)31-23-15-8-16-24-31;1-4-21-11-16-17(13(3)12(2)15(10-19)22-16)23-18(20)14-8-6-5-7-9-14/h3-27,30-31,37-42,48-49,55H,28-29H2,1-2H3;5-24,26-27,32-37,42-43,48H,4,25H2,1-3H3;4-9,12-13,15-17,19H,1,10-11H2,2-3H3/t30-,31-,37+,38+,39+,40+,41-,42+,48?,49+;26-,27-,32+,33+,34+,35+,36-,37+,42?,43+;12-,13-,15+,16?,17+/m000/s1. The molecule has 0 aliphatic carbocycles. The van der Waals surface area contributed by atoms with Crippen molar-refractivity contribution in [2.24, 2.45) is 35.5 Å². The van der Waals surface area contributed by atoms with E-state index in [4.69, 9.17) is 85.3 Å². The Balaban J connectivity index is 0.000000195. The maximum absolute atomic E-state index is 13.8. The molecule has 5 heterocycles. The number of carbonyl (C=O) groups excluding carboxylic acids is 10. The highest BCUT2D eigenvalue weighted by atomic mass is 16.8. The normalized spacial score (nSPS) is 27.1. The Morgan fingerprint density at radius 3 is 0.759 bits per heavy atom. The average Bonchev–Trinajstić information content (AvgIpc) is 0.776. The van der Waals surface area contributed by atoms with Crippen molar-refractivity contribution in [3.05, 3.63) is 372 Å². The molecule has 15 rings (SSSR count). The van der Waals surface area contributed by atoms with Crippen LogP contribution in [0.1, 0.15) is 158 Å². The van der Waals surface area contributed by atoms with E-state index in [0.29, 0.717) is 23.1 Å². The van der Waals surface area contributed by atoms with Crippen molar-refractivity contribution >= 4 is 59.7 Å². The summed E-state index contributed by atoms with van der Waals surface area (Å²) in [7, 11) is 0. The SMILES string of the molecule is C=COCC1O[C@H](CO)[C@@H](C)[C@H](C)[C@H]1OC(=O)c1ccccc1.CC[C@H]1O[C@@H](OC[C@H]2OC(O)[C@H](OC(=O)c3ccccc3)[C@@H](OC(=O)c3ccccc3)[C@@H]2OC(=O)c2ccccc2)[C@H](OC(=O)c2ccccc2)[C@@H](C)[C@@H]1C.C[C@H]1[C@H](C)[C@@H](COC(=O)c2ccccc2)O[C@@H](OC[C@H]2OC(O)[C@H](OC(=O)c3ccccc3)[C@@H](OC(=O)c3ccccc3)[C@@H]2OC(=O)c2ccccc2)[C@@H]1OC(=O)c1ccccc1. The van der Waals surface area contributed by atoms with E-state index in [1.807, 2.05) is 54.5 Å². The Hall–Kier alpha value is -14.0. The van der Waals surface area contributed by atoms with Crippen molar-refractivity contribution in [1.82, 2.24) is 0 Å². The van der Waals surface area contributed by atoms with Gasteiger partial charge in [-0.25, -0.2) is 47.9 Å². The molecule has 10 aromatic rings. The summed E-state index contributed by atoms with van der Waals surface area (Å²) in [5.41, 5.74) is 2.34. The van der Waals surface area contributed by atoms with Crippen LogP contribution in [0.5, 0.6) is 0 Å². The summed E-state index contributed by atoms with van der Waals surface area (Å²) in [6.07, 6.45) is -20.8. The monoisotopic (exact) mass is 1930 g/mol. The van der Waals surface area contributed by atoms with E-state index >= 15 is 0 Å². The molecule has 0 bridgehead atoms. The van der Waals surface area contributed by atoms with Gasteiger partial charge in [-0.05, 0) is 146 Å². The fourth-order valence-corrected chi connectivity index (χ4v) is 16.8. The first kappa shape index (κ1) is 104. The second-order valence-corrected chi connectivity index (χ2v) is 34.4. The zero-order chi connectivity index (χ0) is 100. The van der Waals surface area contributed by atoms with Gasteiger partial charge in [-0.2, -0.15) is 0 Å². The molecule has 141 heavy (non-hydrogen) atoms. The number of aliphatic hydroxyl groups excluding tert-OH is 3. The van der Waals surface area contributed by atoms with E-state index in [9.17, 15) is 63.3 Å². The molecule has 0 spiro atoms. The Bertz CT molecular complexity index is 5680. The van der Waals surface area contributed by atoms with Gasteiger partial charge >= 0.3 is 59.7 Å². The molecule has 740 valence electrons. The molecule has 5 saturated heterocycles. The molecule has 0 amide bonds. The predicted octanol–water partition coefficient (Wildman–Crippen LogP) is 14.9. The largest absolute Gasteiger partial charge is 0.499 e. The van der Waals surface area contributed by atoms with Gasteiger partial charge in [0.05, 0.1) is 100 Å². The molecule has 5 aliphatic rings. The van der Waals surface area contributed by atoms with Crippen LogP contribution in [-0.2, 0) is 85.3 Å². The third-order valence-electron chi connectivity index (χ3n) is 25.4. The topological polar surface area (TPSA) is 398 Å². The van der Waals surface area contributed by atoms with Gasteiger partial charge in [0, 0.05) is 17.8 Å². The van der Waals surface area contributed by atoms with E-state index in [-0.39, 0.29) is 107 Å². The molecule has 31 nitrogen and oxygen atoms in total. The molecule has 5 fully saturated rings. The van der Waals surface area contributed by atoms with Gasteiger partial charge in [-0.15, -0.1) is 0 Å². The van der Waals surface area contributed by atoms with Crippen LogP contribution < -0.4 is 0 Å². The van der Waals surface area contributed by atoms with Crippen molar-refractivity contribution in [2.45, 2.75) is 172 Å². The molecule has 0 aromatic heterocycles. The van der Waals surface area contributed by atoms with Gasteiger partial charge in [0.25, 0.3) is 0 Å². The summed E-state index contributed by atoms with van der Waals surface area (Å²) in [5, 5.41) is 32.5. The zero-order valence-electron chi connectivity index (χ0n) is 78.6. The number of hydrogen-bond acceptors (Lipinski definition) is 31. The van der Waals surface area contributed by atoms with Crippen LogP contribution >= 0.6 is 0 Å². The minimum absolute atomic E-state index is 0.00686. The molecule has 25 atom stereocenters. The molecule has 10 aromatic carbocycles. The van der Waals surface area contributed by atoms with Crippen molar-refractivity contribution < 1.29 is 149 Å². The number of ether oxygens (including phenoxy) is 18. The van der Waals surface area contributed by atoms with E-state index in [1.165, 1.54) is 66.9 Å². The van der Waals surface area contributed by atoms with Crippen molar-refractivity contribution in [2.75, 3.05) is 33.0 Å². The fourth-order valence-electron chi connectivity index (χ4n) is 16.8. The van der Waals surface area contributed by atoms with Crippen molar-refractivity contribution in [3.63, 3.8) is 0 Å². The summed E-state index contributed by atoms with van der Waals surface area (Å²) in [5.74, 6) is -8.16. The lowest BCUT2D eigenvalue weighted by molar-refractivity contribution is -0.313. The molecule has 5 aliphatic heterocycles. The van der Waals surface area contributed by atoms with Gasteiger partial charge in [0.15, 0.2) is 74.0 Å². The Kier molecular flexibility index (Phi) is 38.0. The maximum atomic E-state index is 13.8. The lowest BCUT2D eigenvalue weighted by atomic mass is 9.81. The molecule has 3 unspecified atom stereocenters. The first-order valence-electron chi connectivity index (χ1n) is 46.6.